The van der Waals surface area contributed by atoms with E-state index in [0.717, 1.165) is 37.1 Å². The molecule has 0 aliphatic carbocycles. The quantitative estimate of drug-likeness (QED) is 0.808. The maximum absolute atomic E-state index is 11.6. The highest BCUT2D eigenvalue weighted by Gasteiger charge is 2.17. The minimum atomic E-state index is -0.374. The van der Waals surface area contributed by atoms with Gasteiger partial charge in [0.15, 0.2) is 0 Å². The molecule has 106 valence electrons. The Morgan fingerprint density at radius 3 is 3.10 bits per heavy atom. The molecular formula is C15H18N2O3. The lowest BCUT2D eigenvalue weighted by Gasteiger charge is -2.31. The maximum Gasteiger partial charge on any atom is 0.336 e. The zero-order valence-corrected chi connectivity index (χ0v) is 11.4. The third kappa shape index (κ3) is 2.69. The largest absolute Gasteiger partial charge is 0.508 e. The van der Waals surface area contributed by atoms with Crippen LogP contribution in [0.3, 0.4) is 0 Å². The molecule has 0 saturated carbocycles. The molecule has 0 radical (unpaired) electrons. The van der Waals surface area contributed by atoms with Crippen LogP contribution in [-0.2, 0) is 6.54 Å². The monoisotopic (exact) mass is 274 g/mol. The van der Waals surface area contributed by atoms with Crippen LogP contribution in [0.2, 0.25) is 0 Å². The lowest BCUT2D eigenvalue weighted by molar-refractivity contribution is 0.200. The molecule has 1 atom stereocenters. The first-order valence-corrected chi connectivity index (χ1v) is 6.83. The fourth-order valence-electron chi connectivity index (χ4n) is 2.75. The maximum atomic E-state index is 11.6. The van der Waals surface area contributed by atoms with Gasteiger partial charge in [0.05, 0.1) is 0 Å². The fourth-order valence-corrected chi connectivity index (χ4v) is 2.75. The predicted molar refractivity (Wildman–Crippen MR) is 76.9 cm³/mol. The SMILES string of the molecule is CC1CN(Cc2cc(=O)oc3cc(O)ccc23)CCN1. The summed E-state index contributed by atoms with van der Waals surface area (Å²) < 4.78 is 5.15. The van der Waals surface area contributed by atoms with E-state index in [1.165, 1.54) is 6.07 Å². The Hall–Kier alpha value is -1.85. The van der Waals surface area contributed by atoms with Crippen LogP contribution in [0.15, 0.2) is 33.5 Å². The summed E-state index contributed by atoms with van der Waals surface area (Å²) >= 11 is 0. The third-order valence-corrected chi connectivity index (χ3v) is 3.66. The van der Waals surface area contributed by atoms with Gasteiger partial charge in [-0.3, -0.25) is 4.90 Å². The summed E-state index contributed by atoms with van der Waals surface area (Å²) in [4.78, 5) is 14.0. The molecule has 0 amide bonds. The summed E-state index contributed by atoms with van der Waals surface area (Å²) in [7, 11) is 0. The molecular weight excluding hydrogens is 256 g/mol. The van der Waals surface area contributed by atoms with Crippen LogP contribution in [-0.4, -0.2) is 35.7 Å². The van der Waals surface area contributed by atoms with Gasteiger partial charge in [-0.2, -0.15) is 0 Å². The molecule has 1 aromatic heterocycles. The van der Waals surface area contributed by atoms with E-state index in [1.54, 1.807) is 18.2 Å². The first-order chi connectivity index (χ1) is 9.61. The average Bonchev–Trinajstić information content (AvgIpc) is 2.37. The van der Waals surface area contributed by atoms with Gasteiger partial charge < -0.3 is 14.8 Å². The van der Waals surface area contributed by atoms with Gasteiger partial charge in [0.1, 0.15) is 11.3 Å². The van der Waals surface area contributed by atoms with E-state index >= 15 is 0 Å². The Balaban J connectivity index is 1.96. The Morgan fingerprint density at radius 2 is 2.30 bits per heavy atom. The van der Waals surface area contributed by atoms with Crippen molar-refractivity contribution in [2.24, 2.45) is 0 Å². The van der Waals surface area contributed by atoms with E-state index in [-0.39, 0.29) is 11.4 Å². The minimum Gasteiger partial charge on any atom is -0.508 e. The molecule has 1 aliphatic rings. The number of aromatic hydroxyl groups is 1. The second kappa shape index (κ2) is 5.26. The molecule has 2 N–H and O–H groups in total. The molecule has 3 rings (SSSR count). The van der Waals surface area contributed by atoms with E-state index in [9.17, 15) is 9.90 Å². The first-order valence-electron chi connectivity index (χ1n) is 6.83. The summed E-state index contributed by atoms with van der Waals surface area (Å²) in [6.07, 6.45) is 0. The number of rotatable bonds is 2. The van der Waals surface area contributed by atoms with Crippen molar-refractivity contribution < 1.29 is 9.52 Å². The summed E-state index contributed by atoms with van der Waals surface area (Å²) in [5.74, 6) is 0.105. The van der Waals surface area contributed by atoms with Gasteiger partial charge in [-0.1, -0.05) is 0 Å². The molecule has 1 aromatic carbocycles. The van der Waals surface area contributed by atoms with Crippen molar-refractivity contribution in [1.29, 1.82) is 0 Å². The van der Waals surface area contributed by atoms with E-state index in [1.807, 2.05) is 0 Å². The van der Waals surface area contributed by atoms with Gasteiger partial charge >= 0.3 is 5.63 Å². The summed E-state index contributed by atoms with van der Waals surface area (Å²) in [6, 6.07) is 6.91. The van der Waals surface area contributed by atoms with Gasteiger partial charge in [-0.25, -0.2) is 4.79 Å². The van der Waals surface area contributed by atoms with Crippen LogP contribution in [0.5, 0.6) is 5.75 Å². The van der Waals surface area contributed by atoms with E-state index in [0.29, 0.717) is 11.6 Å². The van der Waals surface area contributed by atoms with Crippen molar-refractivity contribution in [3.8, 4) is 5.75 Å². The van der Waals surface area contributed by atoms with Gasteiger partial charge in [0.2, 0.25) is 0 Å². The van der Waals surface area contributed by atoms with Crippen molar-refractivity contribution in [1.82, 2.24) is 10.2 Å². The molecule has 1 aliphatic heterocycles. The minimum absolute atomic E-state index is 0.105. The third-order valence-electron chi connectivity index (χ3n) is 3.66. The number of benzene rings is 1. The molecule has 2 heterocycles. The van der Waals surface area contributed by atoms with Crippen molar-refractivity contribution in [2.45, 2.75) is 19.5 Å². The number of hydrogen-bond donors (Lipinski definition) is 2. The number of hydrogen-bond acceptors (Lipinski definition) is 5. The second-order valence-electron chi connectivity index (χ2n) is 5.36. The summed E-state index contributed by atoms with van der Waals surface area (Å²) in [5, 5.41) is 13.8. The summed E-state index contributed by atoms with van der Waals surface area (Å²) in [6.45, 7) is 5.76. The standard InChI is InChI=1S/C15H18N2O3/c1-10-8-17(5-4-16-10)9-11-6-15(19)20-14-7-12(18)2-3-13(11)14/h2-3,6-7,10,16,18H,4-5,8-9H2,1H3. The van der Waals surface area contributed by atoms with Crippen LogP contribution in [0.25, 0.3) is 11.0 Å². The number of nitrogens with zero attached hydrogens (tertiary/aromatic N) is 1. The van der Waals surface area contributed by atoms with Gasteiger partial charge in [-0.15, -0.1) is 0 Å². The number of phenols is 1. The number of fused-ring (bicyclic) bond motifs is 1. The Kier molecular flexibility index (Phi) is 3.46. The molecule has 1 saturated heterocycles. The highest BCUT2D eigenvalue weighted by molar-refractivity contribution is 5.81. The molecule has 20 heavy (non-hydrogen) atoms. The van der Waals surface area contributed by atoms with E-state index in [2.05, 4.69) is 17.1 Å². The molecule has 0 bridgehead atoms. The van der Waals surface area contributed by atoms with Crippen LogP contribution < -0.4 is 10.9 Å². The van der Waals surface area contributed by atoms with Crippen molar-refractivity contribution >= 4 is 11.0 Å². The number of piperazine rings is 1. The highest BCUT2D eigenvalue weighted by atomic mass is 16.4. The predicted octanol–water partition coefficient (Wildman–Crippen LogP) is 1.29. The lowest BCUT2D eigenvalue weighted by Crippen LogP contribution is -2.48. The summed E-state index contributed by atoms with van der Waals surface area (Å²) in [5.41, 5.74) is 1.02. The van der Waals surface area contributed by atoms with Gasteiger partial charge in [-0.05, 0) is 24.6 Å². The van der Waals surface area contributed by atoms with E-state index < -0.39 is 0 Å². The van der Waals surface area contributed by atoms with Gasteiger partial charge in [0.25, 0.3) is 0 Å². The molecule has 1 fully saturated rings. The Labute approximate surface area is 116 Å². The highest BCUT2D eigenvalue weighted by Crippen LogP contribution is 2.23. The fraction of sp³-hybridized carbons (Fsp3) is 0.400. The normalized spacial score (nSPS) is 20.4. The topological polar surface area (TPSA) is 65.7 Å². The van der Waals surface area contributed by atoms with E-state index in [4.69, 9.17) is 4.42 Å². The van der Waals surface area contributed by atoms with Crippen molar-refractivity contribution in [3.05, 3.63) is 40.2 Å². The molecule has 5 nitrogen and oxygen atoms in total. The Bertz CT molecular complexity index is 680. The molecule has 0 spiro atoms. The zero-order chi connectivity index (χ0) is 14.1. The second-order valence-corrected chi connectivity index (χ2v) is 5.36. The van der Waals surface area contributed by atoms with Crippen LogP contribution >= 0.6 is 0 Å². The molecule has 2 aromatic rings. The zero-order valence-electron chi connectivity index (χ0n) is 11.4. The van der Waals surface area contributed by atoms with Gasteiger partial charge in [0, 0.05) is 49.7 Å². The van der Waals surface area contributed by atoms with Crippen LogP contribution in [0.4, 0.5) is 0 Å². The van der Waals surface area contributed by atoms with Crippen molar-refractivity contribution in [2.75, 3.05) is 19.6 Å². The van der Waals surface area contributed by atoms with Crippen LogP contribution in [0, 0.1) is 0 Å². The smallest absolute Gasteiger partial charge is 0.336 e. The molecule has 1 unspecified atom stereocenters. The van der Waals surface area contributed by atoms with Crippen LogP contribution in [0.1, 0.15) is 12.5 Å². The average molecular weight is 274 g/mol. The molecule has 5 heteroatoms. The first kappa shape index (κ1) is 13.1. The number of phenolic OH excluding ortho intramolecular Hbond substituents is 1. The van der Waals surface area contributed by atoms with Crippen molar-refractivity contribution in [3.63, 3.8) is 0 Å². The number of nitrogens with one attached hydrogen (secondary N) is 1. The lowest BCUT2D eigenvalue weighted by atomic mass is 10.1. The Morgan fingerprint density at radius 1 is 1.45 bits per heavy atom.